The molecule has 3 nitrogen and oxygen atoms in total. The van der Waals surface area contributed by atoms with Crippen molar-refractivity contribution in [3.05, 3.63) is 0 Å². The van der Waals surface area contributed by atoms with Gasteiger partial charge in [0.15, 0.2) is 0 Å². The quantitative estimate of drug-likeness (QED) is 0.658. The highest BCUT2D eigenvalue weighted by molar-refractivity contribution is 5.75. The van der Waals surface area contributed by atoms with Gasteiger partial charge in [0.1, 0.15) is 0 Å². The highest BCUT2D eigenvalue weighted by atomic mass is 16.2. The van der Waals surface area contributed by atoms with E-state index < -0.39 is 0 Å². The molecule has 0 saturated carbocycles. The molecule has 0 saturated heterocycles. The number of aliphatic hydroxyl groups is 1. The summed E-state index contributed by atoms with van der Waals surface area (Å²) >= 11 is 0. The Morgan fingerprint density at radius 1 is 1.43 bits per heavy atom. The fourth-order valence-electron chi connectivity index (χ4n) is 1.30. The average Bonchev–Trinajstić information content (AvgIpc) is 2.13. The molecular formula is C11H23NO2. The first kappa shape index (κ1) is 13.4. The van der Waals surface area contributed by atoms with Gasteiger partial charge in [-0.1, -0.05) is 20.8 Å². The van der Waals surface area contributed by atoms with Crippen LogP contribution >= 0.6 is 0 Å². The van der Waals surface area contributed by atoms with Crippen LogP contribution in [-0.4, -0.2) is 24.2 Å². The van der Waals surface area contributed by atoms with E-state index in [9.17, 15) is 4.79 Å². The molecule has 0 radical (unpaired) electrons. The van der Waals surface area contributed by atoms with Gasteiger partial charge < -0.3 is 10.4 Å². The summed E-state index contributed by atoms with van der Waals surface area (Å²) in [6.45, 7) is 7.14. The van der Waals surface area contributed by atoms with Crippen LogP contribution in [0.1, 0.15) is 46.5 Å². The lowest BCUT2D eigenvalue weighted by atomic mass is 9.88. The second-order valence-electron chi connectivity index (χ2n) is 4.52. The predicted molar refractivity (Wildman–Crippen MR) is 58.0 cm³/mol. The molecule has 0 rings (SSSR count). The standard InChI is InChI=1S/C11H23NO2/c1-4-6-10(14)12-9-11(2,3)7-5-8-13/h13H,4-9H2,1-3H3,(H,12,14). The maximum atomic E-state index is 11.2. The Morgan fingerprint density at radius 3 is 2.57 bits per heavy atom. The zero-order valence-corrected chi connectivity index (χ0v) is 9.60. The minimum absolute atomic E-state index is 0.0894. The Bertz CT molecular complexity index is 167. The van der Waals surface area contributed by atoms with Gasteiger partial charge in [-0.25, -0.2) is 0 Å². The SMILES string of the molecule is CCCC(=O)NCC(C)(C)CCCO. The summed E-state index contributed by atoms with van der Waals surface area (Å²) in [7, 11) is 0. The van der Waals surface area contributed by atoms with E-state index in [1.165, 1.54) is 0 Å². The number of amides is 1. The van der Waals surface area contributed by atoms with E-state index in [1.54, 1.807) is 0 Å². The van der Waals surface area contributed by atoms with Crippen molar-refractivity contribution in [1.29, 1.82) is 0 Å². The van der Waals surface area contributed by atoms with Crippen molar-refractivity contribution in [2.45, 2.75) is 46.5 Å². The van der Waals surface area contributed by atoms with Gasteiger partial charge in [-0.2, -0.15) is 0 Å². The molecule has 0 heterocycles. The van der Waals surface area contributed by atoms with Crippen molar-refractivity contribution in [3.63, 3.8) is 0 Å². The molecular weight excluding hydrogens is 178 g/mol. The summed E-state index contributed by atoms with van der Waals surface area (Å²) in [5.41, 5.74) is 0.0894. The van der Waals surface area contributed by atoms with Crippen LogP contribution < -0.4 is 5.32 Å². The van der Waals surface area contributed by atoms with Crippen molar-refractivity contribution in [3.8, 4) is 0 Å². The highest BCUT2D eigenvalue weighted by Crippen LogP contribution is 2.20. The molecule has 0 aliphatic rings. The van der Waals surface area contributed by atoms with Crippen LogP contribution in [0.3, 0.4) is 0 Å². The van der Waals surface area contributed by atoms with Crippen LogP contribution in [0.2, 0.25) is 0 Å². The van der Waals surface area contributed by atoms with Gasteiger partial charge in [0.05, 0.1) is 0 Å². The molecule has 0 unspecified atom stereocenters. The molecule has 3 heteroatoms. The second kappa shape index (κ2) is 6.82. The maximum absolute atomic E-state index is 11.2. The van der Waals surface area contributed by atoms with Gasteiger partial charge >= 0.3 is 0 Å². The lowest BCUT2D eigenvalue weighted by Gasteiger charge is -2.24. The lowest BCUT2D eigenvalue weighted by molar-refractivity contribution is -0.121. The van der Waals surface area contributed by atoms with E-state index in [0.717, 1.165) is 19.3 Å². The zero-order valence-electron chi connectivity index (χ0n) is 9.60. The number of hydrogen-bond acceptors (Lipinski definition) is 2. The van der Waals surface area contributed by atoms with E-state index in [0.29, 0.717) is 13.0 Å². The van der Waals surface area contributed by atoms with Gasteiger partial charge in [-0.15, -0.1) is 0 Å². The van der Waals surface area contributed by atoms with Crippen molar-refractivity contribution < 1.29 is 9.90 Å². The fourth-order valence-corrected chi connectivity index (χ4v) is 1.30. The molecule has 0 aromatic rings. The molecule has 0 aliphatic heterocycles. The van der Waals surface area contributed by atoms with Crippen LogP contribution in [0.25, 0.3) is 0 Å². The number of hydrogen-bond donors (Lipinski definition) is 2. The zero-order chi connectivity index (χ0) is 11.0. The van der Waals surface area contributed by atoms with E-state index in [4.69, 9.17) is 5.11 Å². The minimum Gasteiger partial charge on any atom is -0.396 e. The summed E-state index contributed by atoms with van der Waals surface area (Å²) in [6.07, 6.45) is 3.24. The Kier molecular flexibility index (Phi) is 6.54. The van der Waals surface area contributed by atoms with E-state index in [1.807, 2.05) is 6.92 Å². The van der Waals surface area contributed by atoms with E-state index in [-0.39, 0.29) is 17.9 Å². The van der Waals surface area contributed by atoms with Gasteiger partial charge in [-0.3, -0.25) is 4.79 Å². The maximum Gasteiger partial charge on any atom is 0.220 e. The molecule has 0 spiro atoms. The van der Waals surface area contributed by atoms with Crippen molar-refractivity contribution >= 4 is 5.91 Å². The molecule has 1 amide bonds. The summed E-state index contributed by atoms with van der Waals surface area (Å²) in [5, 5.41) is 11.6. The summed E-state index contributed by atoms with van der Waals surface area (Å²) < 4.78 is 0. The molecule has 0 fully saturated rings. The first-order valence-corrected chi connectivity index (χ1v) is 5.39. The first-order chi connectivity index (χ1) is 6.52. The molecule has 0 aromatic heterocycles. The second-order valence-corrected chi connectivity index (χ2v) is 4.52. The number of rotatable bonds is 7. The first-order valence-electron chi connectivity index (χ1n) is 5.39. The molecule has 0 aromatic carbocycles. The topological polar surface area (TPSA) is 49.3 Å². The van der Waals surface area contributed by atoms with Crippen molar-refractivity contribution in [1.82, 2.24) is 5.32 Å². The Hall–Kier alpha value is -0.570. The van der Waals surface area contributed by atoms with E-state index >= 15 is 0 Å². The van der Waals surface area contributed by atoms with Gasteiger partial charge in [-0.05, 0) is 24.7 Å². The smallest absolute Gasteiger partial charge is 0.220 e. The summed E-state index contributed by atoms with van der Waals surface area (Å²) in [4.78, 5) is 11.2. The molecule has 0 aliphatic carbocycles. The number of carbonyl (C=O) groups excluding carboxylic acids is 1. The van der Waals surface area contributed by atoms with Crippen molar-refractivity contribution in [2.75, 3.05) is 13.2 Å². The minimum atomic E-state index is 0.0894. The fraction of sp³-hybridized carbons (Fsp3) is 0.909. The Labute approximate surface area is 86.9 Å². The average molecular weight is 201 g/mol. The third kappa shape index (κ3) is 6.89. The van der Waals surface area contributed by atoms with Crippen LogP contribution in [-0.2, 0) is 4.79 Å². The summed E-state index contributed by atoms with van der Waals surface area (Å²) in [5.74, 6) is 0.129. The Morgan fingerprint density at radius 2 is 2.07 bits per heavy atom. The Balaban J connectivity index is 3.68. The van der Waals surface area contributed by atoms with Gasteiger partial charge in [0, 0.05) is 19.6 Å². The van der Waals surface area contributed by atoms with Crippen LogP contribution in [0.15, 0.2) is 0 Å². The molecule has 2 N–H and O–H groups in total. The van der Waals surface area contributed by atoms with E-state index in [2.05, 4.69) is 19.2 Å². The van der Waals surface area contributed by atoms with Gasteiger partial charge in [0.25, 0.3) is 0 Å². The molecule has 0 atom stereocenters. The number of carbonyl (C=O) groups is 1. The number of aliphatic hydroxyl groups excluding tert-OH is 1. The lowest BCUT2D eigenvalue weighted by Crippen LogP contribution is -2.33. The monoisotopic (exact) mass is 201 g/mol. The highest BCUT2D eigenvalue weighted by Gasteiger charge is 2.17. The van der Waals surface area contributed by atoms with Gasteiger partial charge in [0.2, 0.25) is 5.91 Å². The number of nitrogens with one attached hydrogen (secondary N) is 1. The van der Waals surface area contributed by atoms with Crippen LogP contribution in [0, 0.1) is 5.41 Å². The molecule has 0 bridgehead atoms. The largest absolute Gasteiger partial charge is 0.396 e. The predicted octanol–water partition coefficient (Wildman–Crippen LogP) is 1.70. The summed E-state index contributed by atoms with van der Waals surface area (Å²) in [6, 6.07) is 0. The third-order valence-electron chi connectivity index (χ3n) is 2.25. The van der Waals surface area contributed by atoms with Crippen molar-refractivity contribution in [2.24, 2.45) is 5.41 Å². The third-order valence-corrected chi connectivity index (χ3v) is 2.25. The molecule has 84 valence electrons. The normalized spacial score (nSPS) is 11.4. The molecule has 14 heavy (non-hydrogen) atoms. The van der Waals surface area contributed by atoms with Crippen LogP contribution in [0.4, 0.5) is 0 Å². The van der Waals surface area contributed by atoms with Crippen LogP contribution in [0.5, 0.6) is 0 Å².